The van der Waals surface area contributed by atoms with E-state index in [9.17, 15) is 9.59 Å². The molecular weight excluding hydrogens is 270 g/mol. The van der Waals surface area contributed by atoms with Crippen molar-refractivity contribution in [3.63, 3.8) is 0 Å². The third kappa shape index (κ3) is 3.82. The molecule has 0 heterocycles. The number of ketones is 1. The van der Waals surface area contributed by atoms with E-state index in [0.29, 0.717) is 11.3 Å². The van der Waals surface area contributed by atoms with Gasteiger partial charge in [-0.1, -0.05) is 6.07 Å². The number of ether oxygens (including phenoxy) is 1. The number of nitrogens with one attached hydrogen (secondary N) is 1. The van der Waals surface area contributed by atoms with Crippen molar-refractivity contribution < 1.29 is 19.4 Å². The van der Waals surface area contributed by atoms with E-state index in [1.807, 2.05) is 19.9 Å². The second kappa shape index (κ2) is 6.26. The van der Waals surface area contributed by atoms with Crippen LogP contribution in [0.2, 0.25) is 0 Å². The van der Waals surface area contributed by atoms with Gasteiger partial charge in [0.25, 0.3) is 0 Å². The molecule has 0 bridgehead atoms. The van der Waals surface area contributed by atoms with Crippen LogP contribution in [-0.2, 0) is 4.79 Å². The molecule has 0 aromatic heterocycles. The van der Waals surface area contributed by atoms with Gasteiger partial charge < -0.3 is 15.2 Å². The molecule has 0 amide bonds. The van der Waals surface area contributed by atoms with Crippen LogP contribution in [-0.4, -0.2) is 36.1 Å². The summed E-state index contributed by atoms with van der Waals surface area (Å²) in [7, 11) is 1.52. The Bertz CT molecular complexity index is 564. The van der Waals surface area contributed by atoms with Crippen LogP contribution in [0.15, 0.2) is 12.1 Å². The molecule has 1 fully saturated rings. The molecule has 5 heteroatoms. The maximum absolute atomic E-state index is 12.7. The van der Waals surface area contributed by atoms with E-state index in [2.05, 4.69) is 5.32 Å². The lowest BCUT2D eigenvalue weighted by molar-refractivity contribution is -0.137. The summed E-state index contributed by atoms with van der Waals surface area (Å²) in [5.41, 5.74) is 2.29. The minimum atomic E-state index is -0.982. The van der Waals surface area contributed by atoms with Gasteiger partial charge in [-0.05, 0) is 43.9 Å². The third-order valence-corrected chi connectivity index (χ3v) is 3.60. The molecule has 1 aliphatic carbocycles. The highest BCUT2D eigenvalue weighted by Gasteiger charge is 2.31. The Morgan fingerprint density at radius 2 is 2.05 bits per heavy atom. The molecule has 1 saturated carbocycles. The highest BCUT2D eigenvalue weighted by Crippen LogP contribution is 2.28. The lowest BCUT2D eigenvalue weighted by Crippen LogP contribution is -2.40. The molecule has 1 unspecified atom stereocenters. The van der Waals surface area contributed by atoms with Gasteiger partial charge in [-0.2, -0.15) is 0 Å². The van der Waals surface area contributed by atoms with Crippen LogP contribution < -0.4 is 10.1 Å². The van der Waals surface area contributed by atoms with Crippen LogP contribution in [0.5, 0.6) is 5.75 Å². The first kappa shape index (κ1) is 15.5. The second-order valence-corrected chi connectivity index (χ2v) is 5.62. The molecule has 0 spiro atoms. The molecule has 2 rings (SSSR count). The molecule has 0 saturated heterocycles. The summed E-state index contributed by atoms with van der Waals surface area (Å²) in [6, 6.07) is 3.26. The fraction of sp³-hybridized carbons (Fsp3) is 0.500. The average Bonchev–Trinajstić information content (AvgIpc) is 3.19. The van der Waals surface area contributed by atoms with Gasteiger partial charge in [-0.3, -0.25) is 9.59 Å². The first-order chi connectivity index (χ1) is 9.92. The van der Waals surface area contributed by atoms with Gasteiger partial charge in [-0.15, -0.1) is 0 Å². The summed E-state index contributed by atoms with van der Waals surface area (Å²) in [6.45, 7) is 3.78. The molecule has 0 radical (unpaired) electrons. The monoisotopic (exact) mass is 291 g/mol. The number of aryl methyl sites for hydroxylation is 2. The Morgan fingerprint density at radius 3 is 2.57 bits per heavy atom. The molecular formula is C16H21NO4. The summed E-state index contributed by atoms with van der Waals surface area (Å²) in [5, 5.41) is 12.2. The van der Waals surface area contributed by atoms with Crippen LogP contribution in [0.1, 0.15) is 40.7 Å². The van der Waals surface area contributed by atoms with Gasteiger partial charge in [0.15, 0.2) is 5.78 Å². The molecule has 1 aromatic carbocycles. The topological polar surface area (TPSA) is 75.6 Å². The zero-order valence-electron chi connectivity index (χ0n) is 12.6. The van der Waals surface area contributed by atoms with E-state index in [1.54, 1.807) is 6.07 Å². The Kier molecular flexibility index (Phi) is 4.63. The number of carboxylic acid groups (broad SMARTS) is 1. The molecule has 2 N–H and O–H groups in total. The fourth-order valence-electron chi connectivity index (χ4n) is 2.53. The molecule has 21 heavy (non-hydrogen) atoms. The summed E-state index contributed by atoms with van der Waals surface area (Å²) >= 11 is 0. The minimum absolute atomic E-state index is 0.215. The van der Waals surface area contributed by atoms with Crippen LogP contribution >= 0.6 is 0 Å². The lowest BCUT2D eigenvalue weighted by atomic mass is 9.96. The van der Waals surface area contributed by atoms with E-state index in [-0.39, 0.29) is 18.2 Å². The van der Waals surface area contributed by atoms with E-state index < -0.39 is 12.0 Å². The van der Waals surface area contributed by atoms with Crippen molar-refractivity contribution in [2.45, 2.75) is 45.2 Å². The van der Waals surface area contributed by atoms with E-state index >= 15 is 0 Å². The highest BCUT2D eigenvalue weighted by molar-refractivity contribution is 6.04. The molecule has 0 aliphatic heterocycles. The molecule has 114 valence electrons. The zero-order valence-corrected chi connectivity index (χ0v) is 12.6. The van der Waals surface area contributed by atoms with Crippen molar-refractivity contribution in [2.24, 2.45) is 0 Å². The number of benzene rings is 1. The number of carbonyl (C=O) groups is 2. The van der Waals surface area contributed by atoms with Gasteiger partial charge in [-0.25, -0.2) is 0 Å². The Labute approximate surface area is 124 Å². The zero-order chi connectivity index (χ0) is 15.6. The smallest absolute Gasteiger partial charge is 0.305 e. The van der Waals surface area contributed by atoms with Gasteiger partial charge in [0, 0.05) is 6.04 Å². The second-order valence-electron chi connectivity index (χ2n) is 5.62. The molecule has 1 aromatic rings. The summed E-state index contributed by atoms with van der Waals surface area (Å²) < 4.78 is 5.33. The third-order valence-electron chi connectivity index (χ3n) is 3.60. The number of Topliss-reactive ketones (excluding diaryl/α,β-unsaturated/α-hetero) is 1. The highest BCUT2D eigenvalue weighted by atomic mass is 16.5. The van der Waals surface area contributed by atoms with Gasteiger partial charge >= 0.3 is 5.97 Å². The van der Waals surface area contributed by atoms with Crippen molar-refractivity contribution >= 4 is 11.8 Å². The number of rotatable bonds is 7. The van der Waals surface area contributed by atoms with Crippen LogP contribution in [0.25, 0.3) is 0 Å². The van der Waals surface area contributed by atoms with Crippen molar-refractivity contribution in [3.8, 4) is 5.75 Å². The number of carboxylic acids is 1. The predicted molar refractivity (Wildman–Crippen MR) is 79.0 cm³/mol. The summed E-state index contributed by atoms with van der Waals surface area (Å²) in [6.07, 6.45) is 1.77. The van der Waals surface area contributed by atoms with Crippen LogP contribution in [0.4, 0.5) is 0 Å². The van der Waals surface area contributed by atoms with Crippen LogP contribution in [0, 0.1) is 13.8 Å². The van der Waals surface area contributed by atoms with Crippen molar-refractivity contribution in [1.29, 1.82) is 0 Å². The summed E-state index contributed by atoms with van der Waals surface area (Å²) in [5.74, 6) is -0.670. The molecule has 5 nitrogen and oxygen atoms in total. The Hall–Kier alpha value is -1.88. The molecule has 1 aliphatic rings. The first-order valence-corrected chi connectivity index (χ1v) is 7.09. The van der Waals surface area contributed by atoms with Crippen molar-refractivity contribution in [3.05, 3.63) is 28.8 Å². The van der Waals surface area contributed by atoms with Gasteiger partial charge in [0.05, 0.1) is 25.1 Å². The number of methoxy groups -OCH3 is 1. The van der Waals surface area contributed by atoms with Crippen molar-refractivity contribution in [2.75, 3.05) is 7.11 Å². The normalized spacial score (nSPS) is 15.6. The van der Waals surface area contributed by atoms with E-state index in [0.717, 1.165) is 24.0 Å². The van der Waals surface area contributed by atoms with E-state index in [4.69, 9.17) is 9.84 Å². The van der Waals surface area contributed by atoms with Crippen molar-refractivity contribution in [1.82, 2.24) is 5.32 Å². The Morgan fingerprint density at radius 1 is 1.38 bits per heavy atom. The lowest BCUT2D eigenvalue weighted by Gasteiger charge is -2.18. The van der Waals surface area contributed by atoms with Crippen LogP contribution in [0.3, 0.4) is 0 Å². The number of hydrogen-bond acceptors (Lipinski definition) is 4. The van der Waals surface area contributed by atoms with Gasteiger partial charge in [0.2, 0.25) is 0 Å². The van der Waals surface area contributed by atoms with Gasteiger partial charge in [0.1, 0.15) is 5.75 Å². The Balaban J connectivity index is 2.32. The standard InChI is InChI=1S/C16H21NO4/c1-9-6-10(2)16(21-3)12(7-9)15(20)13(8-14(18)19)17-11-4-5-11/h6-7,11,13,17H,4-5,8H2,1-3H3,(H,18,19). The number of aliphatic carboxylic acids is 1. The SMILES string of the molecule is COc1c(C)cc(C)cc1C(=O)C(CC(=O)O)NC1CC1. The number of hydrogen-bond donors (Lipinski definition) is 2. The maximum Gasteiger partial charge on any atom is 0.305 e. The number of carbonyl (C=O) groups excluding carboxylic acids is 1. The largest absolute Gasteiger partial charge is 0.496 e. The first-order valence-electron chi connectivity index (χ1n) is 7.09. The minimum Gasteiger partial charge on any atom is -0.496 e. The predicted octanol–water partition coefficient (Wildman–Crippen LogP) is 2.09. The quantitative estimate of drug-likeness (QED) is 0.752. The van der Waals surface area contributed by atoms with E-state index in [1.165, 1.54) is 7.11 Å². The maximum atomic E-state index is 12.7. The average molecular weight is 291 g/mol. The molecule has 1 atom stereocenters. The summed E-state index contributed by atoms with van der Waals surface area (Å²) in [4.78, 5) is 23.7. The fourth-order valence-corrected chi connectivity index (χ4v) is 2.53.